The largest absolute Gasteiger partial charge is 0.300 e. The summed E-state index contributed by atoms with van der Waals surface area (Å²) < 4.78 is 27.7. The van der Waals surface area contributed by atoms with E-state index in [1.807, 2.05) is 13.8 Å². The van der Waals surface area contributed by atoms with Gasteiger partial charge in [0.05, 0.1) is 0 Å². The molecule has 0 aromatic carbocycles. The molecule has 0 fully saturated rings. The minimum absolute atomic E-state index is 0.344. The Balaban J connectivity index is 2.73. The van der Waals surface area contributed by atoms with Crippen molar-refractivity contribution in [2.24, 2.45) is 0 Å². The number of aromatic amines is 1. The Morgan fingerprint density at radius 3 is 2.53 bits per heavy atom. The second-order valence-corrected chi connectivity index (χ2v) is 4.82. The average Bonchev–Trinajstić information content (AvgIpc) is 2.46. The standard InChI is InChI=1S/C8H16N4O2S/c1-4-5-9-15(13,14)12-8-6(2)7(3)10-11-8/h9H,4-5H2,1-3H3,(H2,10,11,12). The number of hydrogen-bond acceptors (Lipinski definition) is 3. The van der Waals surface area contributed by atoms with Gasteiger partial charge in [-0.2, -0.15) is 18.2 Å². The van der Waals surface area contributed by atoms with Gasteiger partial charge in [0.1, 0.15) is 0 Å². The maximum absolute atomic E-state index is 11.4. The lowest BCUT2D eigenvalue weighted by Gasteiger charge is -2.06. The van der Waals surface area contributed by atoms with Crippen LogP contribution in [0.4, 0.5) is 5.82 Å². The average molecular weight is 232 g/mol. The van der Waals surface area contributed by atoms with E-state index >= 15 is 0 Å². The molecule has 0 aliphatic carbocycles. The van der Waals surface area contributed by atoms with Crippen molar-refractivity contribution in [3.05, 3.63) is 11.3 Å². The molecule has 15 heavy (non-hydrogen) atoms. The van der Waals surface area contributed by atoms with Gasteiger partial charge in [0.2, 0.25) is 0 Å². The van der Waals surface area contributed by atoms with E-state index in [9.17, 15) is 8.42 Å². The fourth-order valence-corrected chi connectivity index (χ4v) is 1.98. The summed E-state index contributed by atoms with van der Waals surface area (Å²) in [5, 5.41) is 6.56. The van der Waals surface area contributed by atoms with E-state index in [4.69, 9.17) is 0 Å². The number of aromatic nitrogens is 2. The van der Waals surface area contributed by atoms with Crippen LogP contribution in [0.2, 0.25) is 0 Å². The summed E-state index contributed by atoms with van der Waals surface area (Å²) in [5.74, 6) is 0.344. The topological polar surface area (TPSA) is 86.9 Å². The quantitative estimate of drug-likeness (QED) is 0.697. The van der Waals surface area contributed by atoms with Gasteiger partial charge in [-0.15, -0.1) is 0 Å². The molecule has 0 atom stereocenters. The fraction of sp³-hybridized carbons (Fsp3) is 0.625. The molecule has 1 aromatic heterocycles. The molecule has 0 saturated carbocycles. The number of hydrogen-bond donors (Lipinski definition) is 3. The summed E-state index contributed by atoms with van der Waals surface area (Å²) in [6.07, 6.45) is 0.749. The van der Waals surface area contributed by atoms with Crippen molar-refractivity contribution in [1.29, 1.82) is 0 Å². The van der Waals surface area contributed by atoms with Crippen molar-refractivity contribution in [3.63, 3.8) is 0 Å². The van der Waals surface area contributed by atoms with E-state index in [1.165, 1.54) is 0 Å². The number of rotatable bonds is 5. The zero-order chi connectivity index (χ0) is 11.5. The van der Waals surface area contributed by atoms with Gasteiger partial charge in [-0.25, -0.2) is 0 Å². The molecule has 1 aromatic rings. The predicted molar refractivity (Wildman–Crippen MR) is 58.9 cm³/mol. The third-order valence-electron chi connectivity index (χ3n) is 2.03. The van der Waals surface area contributed by atoms with Gasteiger partial charge in [-0.1, -0.05) is 6.92 Å². The highest BCUT2D eigenvalue weighted by Crippen LogP contribution is 2.14. The van der Waals surface area contributed by atoms with Crippen molar-refractivity contribution in [3.8, 4) is 0 Å². The lowest BCUT2D eigenvalue weighted by atomic mass is 10.3. The maximum Gasteiger partial charge on any atom is 0.300 e. The van der Waals surface area contributed by atoms with E-state index in [0.717, 1.165) is 17.7 Å². The fourth-order valence-electron chi connectivity index (χ4n) is 0.984. The molecule has 0 aliphatic rings. The molecule has 6 nitrogen and oxygen atoms in total. The van der Waals surface area contributed by atoms with Crippen LogP contribution in [0.5, 0.6) is 0 Å². The first kappa shape index (κ1) is 12.0. The van der Waals surface area contributed by atoms with Crippen molar-refractivity contribution in [2.75, 3.05) is 11.3 Å². The molecule has 1 rings (SSSR count). The van der Waals surface area contributed by atoms with Crippen LogP contribution >= 0.6 is 0 Å². The van der Waals surface area contributed by atoms with Crippen LogP contribution < -0.4 is 9.44 Å². The van der Waals surface area contributed by atoms with E-state index in [-0.39, 0.29) is 0 Å². The maximum atomic E-state index is 11.4. The van der Waals surface area contributed by atoms with Crippen LogP contribution in [0.1, 0.15) is 24.6 Å². The molecule has 0 bridgehead atoms. The predicted octanol–water partition coefficient (Wildman–Crippen LogP) is 0.683. The number of nitrogens with one attached hydrogen (secondary N) is 3. The Morgan fingerprint density at radius 2 is 2.07 bits per heavy atom. The summed E-state index contributed by atoms with van der Waals surface area (Å²) in [6.45, 7) is 5.94. The lowest BCUT2D eigenvalue weighted by Crippen LogP contribution is -2.31. The Bertz CT molecular complexity index is 424. The van der Waals surface area contributed by atoms with Crippen molar-refractivity contribution in [2.45, 2.75) is 27.2 Å². The van der Waals surface area contributed by atoms with E-state index in [0.29, 0.717) is 12.4 Å². The normalized spacial score (nSPS) is 11.7. The van der Waals surface area contributed by atoms with Gasteiger partial charge < -0.3 is 0 Å². The number of anilines is 1. The lowest BCUT2D eigenvalue weighted by molar-refractivity contribution is 0.586. The van der Waals surface area contributed by atoms with Gasteiger partial charge >= 0.3 is 0 Å². The van der Waals surface area contributed by atoms with Gasteiger partial charge in [-0.05, 0) is 20.3 Å². The smallest absolute Gasteiger partial charge is 0.280 e. The first-order valence-electron chi connectivity index (χ1n) is 4.75. The van der Waals surface area contributed by atoms with Gasteiger partial charge in [0.25, 0.3) is 10.2 Å². The van der Waals surface area contributed by atoms with Gasteiger partial charge in [0, 0.05) is 17.8 Å². The molecule has 0 aliphatic heterocycles. The molecule has 0 spiro atoms. The Morgan fingerprint density at radius 1 is 1.40 bits per heavy atom. The van der Waals surface area contributed by atoms with E-state index < -0.39 is 10.2 Å². The molecule has 1 heterocycles. The Hall–Kier alpha value is -1.08. The molecule has 0 unspecified atom stereocenters. The van der Waals surface area contributed by atoms with Crippen LogP contribution in [-0.4, -0.2) is 25.2 Å². The molecule has 86 valence electrons. The summed E-state index contributed by atoms with van der Waals surface area (Å²) >= 11 is 0. The minimum atomic E-state index is -3.49. The second kappa shape index (κ2) is 4.63. The molecular formula is C8H16N4O2S. The molecule has 0 saturated heterocycles. The van der Waals surface area contributed by atoms with Crippen LogP contribution in [0.15, 0.2) is 0 Å². The third kappa shape index (κ3) is 3.21. The monoisotopic (exact) mass is 232 g/mol. The molecule has 3 N–H and O–H groups in total. The Kier molecular flexibility index (Phi) is 3.70. The summed E-state index contributed by atoms with van der Waals surface area (Å²) in [4.78, 5) is 0. The summed E-state index contributed by atoms with van der Waals surface area (Å²) in [7, 11) is -3.49. The Labute approximate surface area is 89.6 Å². The van der Waals surface area contributed by atoms with Crippen LogP contribution in [-0.2, 0) is 10.2 Å². The first-order valence-corrected chi connectivity index (χ1v) is 6.23. The van der Waals surface area contributed by atoms with E-state index in [2.05, 4.69) is 19.6 Å². The van der Waals surface area contributed by atoms with Crippen LogP contribution in [0.3, 0.4) is 0 Å². The van der Waals surface area contributed by atoms with Crippen molar-refractivity contribution >= 4 is 16.0 Å². The van der Waals surface area contributed by atoms with Crippen LogP contribution in [0, 0.1) is 13.8 Å². The number of H-pyrrole nitrogens is 1. The highest BCUT2D eigenvalue weighted by molar-refractivity contribution is 7.90. The second-order valence-electron chi connectivity index (χ2n) is 3.32. The molecule has 7 heteroatoms. The summed E-state index contributed by atoms with van der Waals surface area (Å²) in [6, 6.07) is 0. The zero-order valence-electron chi connectivity index (χ0n) is 9.09. The molecular weight excluding hydrogens is 216 g/mol. The van der Waals surface area contributed by atoms with Crippen molar-refractivity contribution in [1.82, 2.24) is 14.9 Å². The highest BCUT2D eigenvalue weighted by atomic mass is 32.2. The van der Waals surface area contributed by atoms with Crippen LogP contribution in [0.25, 0.3) is 0 Å². The van der Waals surface area contributed by atoms with Crippen molar-refractivity contribution < 1.29 is 8.42 Å². The zero-order valence-corrected chi connectivity index (χ0v) is 9.90. The molecule has 0 radical (unpaired) electrons. The summed E-state index contributed by atoms with van der Waals surface area (Å²) in [5.41, 5.74) is 1.65. The number of nitrogens with zero attached hydrogens (tertiary/aromatic N) is 1. The molecule has 0 amide bonds. The van der Waals surface area contributed by atoms with Gasteiger partial charge in [0.15, 0.2) is 5.82 Å². The highest BCUT2D eigenvalue weighted by Gasteiger charge is 2.13. The SMILES string of the molecule is CCCNS(=O)(=O)Nc1n[nH]c(C)c1C. The van der Waals surface area contributed by atoms with E-state index in [1.54, 1.807) is 6.92 Å². The van der Waals surface area contributed by atoms with Gasteiger partial charge in [-0.3, -0.25) is 9.82 Å². The number of aryl methyl sites for hydroxylation is 1. The first-order chi connectivity index (χ1) is 6.96. The minimum Gasteiger partial charge on any atom is -0.280 e. The third-order valence-corrected chi connectivity index (χ3v) is 3.07.